The van der Waals surface area contributed by atoms with Crippen LogP contribution in [-0.2, 0) is 4.84 Å². The van der Waals surface area contributed by atoms with Crippen LogP contribution < -0.4 is 0 Å². The summed E-state index contributed by atoms with van der Waals surface area (Å²) in [6.45, 7) is 2.84. The van der Waals surface area contributed by atoms with Crippen LogP contribution >= 0.6 is 15.9 Å². The SMILES string of the molecule is CCCCO/N=C/C(C/C=C\CBr)c1ccccc1. The first kappa shape index (κ1) is 16.0. The zero-order valence-electron chi connectivity index (χ0n) is 11.5. The first-order chi connectivity index (χ1) is 9.38. The van der Waals surface area contributed by atoms with Crippen molar-refractivity contribution in [3.63, 3.8) is 0 Å². The lowest BCUT2D eigenvalue weighted by atomic mass is 9.97. The smallest absolute Gasteiger partial charge is 0.117 e. The van der Waals surface area contributed by atoms with Gasteiger partial charge in [-0.1, -0.05) is 76.9 Å². The van der Waals surface area contributed by atoms with Crippen molar-refractivity contribution >= 4 is 22.1 Å². The van der Waals surface area contributed by atoms with Crippen molar-refractivity contribution in [1.82, 2.24) is 0 Å². The van der Waals surface area contributed by atoms with Crippen LogP contribution in [0, 0.1) is 0 Å². The first-order valence-corrected chi connectivity index (χ1v) is 7.92. The van der Waals surface area contributed by atoms with Gasteiger partial charge in [0.2, 0.25) is 0 Å². The first-order valence-electron chi connectivity index (χ1n) is 6.79. The zero-order chi connectivity index (χ0) is 13.8. The molecule has 0 aliphatic carbocycles. The second-order valence-electron chi connectivity index (χ2n) is 4.32. The summed E-state index contributed by atoms with van der Waals surface area (Å²) in [6.07, 6.45) is 9.31. The van der Waals surface area contributed by atoms with E-state index in [1.54, 1.807) is 0 Å². The van der Waals surface area contributed by atoms with Gasteiger partial charge in [0.25, 0.3) is 0 Å². The Bertz CT molecular complexity index is 376. The van der Waals surface area contributed by atoms with Crippen molar-refractivity contribution in [1.29, 1.82) is 0 Å². The fraction of sp³-hybridized carbons (Fsp3) is 0.438. The highest BCUT2D eigenvalue weighted by molar-refractivity contribution is 9.09. The molecule has 2 nitrogen and oxygen atoms in total. The summed E-state index contributed by atoms with van der Waals surface area (Å²) in [5.74, 6) is 0.276. The average Bonchev–Trinajstić information content (AvgIpc) is 2.46. The second kappa shape index (κ2) is 10.8. The van der Waals surface area contributed by atoms with E-state index in [0.29, 0.717) is 6.61 Å². The van der Waals surface area contributed by atoms with E-state index in [1.807, 2.05) is 12.3 Å². The molecule has 0 bridgehead atoms. The number of benzene rings is 1. The molecule has 1 atom stereocenters. The van der Waals surface area contributed by atoms with E-state index in [4.69, 9.17) is 4.84 Å². The molecular weight excluding hydrogens is 302 g/mol. The largest absolute Gasteiger partial charge is 0.396 e. The van der Waals surface area contributed by atoms with Crippen LogP contribution in [0.1, 0.15) is 37.7 Å². The number of alkyl halides is 1. The van der Waals surface area contributed by atoms with E-state index in [9.17, 15) is 0 Å². The Morgan fingerprint density at radius 2 is 2.05 bits per heavy atom. The third-order valence-electron chi connectivity index (χ3n) is 2.78. The Labute approximate surface area is 124 Å². The quantitative estimate of drug-likeness (QED) is 0.208. The van der Waals surface area contributed by atoms with Crippen LogP contribution in [0.3, 0.4) is 0 Å². The topological polar surface area (TPSA) is 21.6 Å². The fourth-order valence-electron chi connectivity index (χ4n) is 1.67. The minimum Gasteiger partial charge on any atom is -0.396 e. The van der Waals surface area contributed by atoms with Gasteiger partial charge in [-0.2, -0.15) is 0 Å². The van der Waals surface area contributed by atoms with E-state index in [-0.39, 0.29) is 5.92 Å². The monoisotopic (exact) mass is 323 g/mol. The highest BCUT2D eigenvalue weighted by atomic mass is 79.9. The molecule has 0 aliphatic heterocycles. The van der Waals surface area contributed by atoms with Crippen LogP contribution in [0.4, 0.5) is 0 Å². The molecule has 104 valence electrons. The van der Waals surface area contributed by atoms with Crippen molar-refractivity contribution < 1.29 is 4.84 Å². The predicted molar refractivity (Wildman–Crippen MR) is 86.1 cm³/mol. The summed E-state index contributed by atoms with van der Waals surface area (Å²) < 4.78 is 0. The average molecular weight is 324 g/mol. The lowest BCUT2D eigenvalue weighted by Crippen LogP contribution is -2.00. The summed E-state index contributed by atoms with van der Waals surface area (Å²) in [5, 5.41) is 4.98. The summed E-state index contributed by atoms with van der Waals surface area (Å²) in [6, 6.07) is 10.4. The summed E-state index contributed by atoms with van der Waals surface area (Å²) in [4.78, 5) is 5.27. The van der Waals surface area contributed by atoms with Crippen LogP contribution in [-0.4, -0.2) is 18.2 Å². The molecule has 0 amide bonds. The van der Waals surface area contributed by atoms with Gasteiger partial charge in [-0.15, -0.1) is 0 Å². The van der Waals surface area contributed by atoms with Gasteiger partial charge in [0, 0.05) is 11.2 Å². The molecule has 0 aliphatic rings. The molecule has 0 fully saturated rings. The van der Waals surface area contributed by atoms with E-state index in [2.05, 4.69) is 64.4 Å². The number of hydrogen-bond donors (Lipinski definition) is 0. The number of nitrogens with zero attached hydrogens (tertiary/aromatic N) is 1. The minimum atomic E-state index is 0.276. The van der Waals surface area contributed by atoms with Gasteiger partial charge in [-0.25, -0.2) is 0 Å². The number of oxime groups is 1. The Balaban J connectivity index is 2.57. The molecule has 0 spiro atoms. The molecule has 0 aromatic heterocycles. The Kier molecular flexibility index (Phi) is 9.07. The third-order valence-corrected chi connectivity index (χ3v) is 3.15. The molecule has 1 aromatic rings. The molecule has 0 heterocycles. The molecule has 1 unspecified atom stereocenters. The molecule has 3 heteroatoms. The third kappa shape index (κ3) is 7.16. The van der Waals surface area contributed by atoms with Crippen molar-refractivity contribution in [3.05, 3.63) is 48.0 Å². The van der Waals surface area contributed by atoms with Gasteiger partial charge in [-0.05, 0) is 18.4 Å². The number of unbranched alkanes of at least 4 members (excludes halogenated alkanes) is 1. The maximum absolute atomic E-state index is 5.27. The lowest BCUT2D eigenvalue weighted by Gasteiger charge is -2.09. The van der Waals surface area contributed by atoms with Gasteiger partial charge in [0.1, 0.15) is 6.61 Å². The normalized spacial score (nSPS) is 13.2. The number of halogens is 1. The van der Waals surface area contributed by atoms with Crippen molar-refractivity contribution in [2.45, 2.75) is 32.1 Å². The molecule has 0 saturated heterocycles. The Morgan fingerprint density at radius 3 is 2.74 bits per heavy atom. The molecule has 19 heavy (non-hydrogen) atoms. The van der Waals surface area contributed by atoms with Crippen LogP contribution in [0.15, 0.2) is 47.6 Å². The van der Waals surface area contributed by atoms with Gasteiger partial charge in [0.15, 0.2) is 0 Å². The van der Waals surface area contributed by atoms with E-state index >= 15 is 0 Å². The van der Waals surface area contributed by atoms with Gasteiger partial charge in [-0.3, -0.25) is 0 Å². The van der Waals surface area contributed by atoms with E-state index in [1.165, 1.54) is 5.56 Å². The zero-order valence-corrected chi connectivity index (χ0v) is 13.1. The Morgan fingerprint density at radius 1 is 1.26 bits per heavy atom. The lowest BCUT2D eigenvalue weighted by molar-refractivity contribution is 0.142. The number of hydrogen-bond acceptors (Lipinski definition) is 2. The van der Waals surface area contributed by atoms with Crippen molar-refractivity contribution in [2.75, 3.05) is 11.9 Å². The summed E-state index contributed by atoms with van der Waals surface area (Å²) in [7, 11) is 0. The maximum Gasteiger partial charge on any atom is 0.117 e. The number of rotatable bonds is 9. The standard InChI is InChI=1S/C16H22BrNO/c1-2-3-13-19-18-14-16(11-7-8-12-17)15-9-5-4-6-10-15/h4-10,14,16H,2-3,11-13H2,1H3/b8-7-,18-14+. The fourth-order valence-corrected chi connectivity index (χ4v) is 1.93. The second-order valence-corrected chi connectivity index (χ2v) is 4.97. The minimum absolute atomic E-state index is 0.276. The van der Waals surface area contributed by atoms with Crippen LogP contribution in [0.2, 0.25) is 0 Å². The van der Waals surface area contributed by atoms with Crippen molar-refractivity contribution in [2.24, 2.45) is 5.16 Å². The van der Waals surface area contributed by atoms with Gasteiger partial charge >= 0.3 is 0 Å². The maximum atomic E-state index is 5.27. The highest BCUT2D eigenvalue weighted by Gasteiger charge is 2.06. The number of allylic oxidation sites excluding steroid dienone is 2. The molecule has 1 aromatic carbocycles. The summed E-state index contributed by atoms with van der Waals surface area (Å²) >= 11 is 3.39. The van der Waals surface area contributed by atoms with E-state index < -0.39 is 0 Å². The summed E-state index contributed by atoms with van der Waals surface area (Å²) in [5.41, 5.74) is 1.27. The molecule has 0 N–H and O–H groups in total. The predicted octanol–water partition coefficient (Wildman–Crippen LogP) is 4.91. The highest BCUT2D eigenvalue weighted by Crippen LogP contribution is 2.18. The molecule has 0 radical (unpaired) electrons. The van der Waals surface area contributed by atoms with Gasteiger partial charge in [0.05, 0.1) is 6.21 Å². The molecule has 0 saturated carbocycles. The van der Waals surface area contributed by atoms with Crippen LogP contribution in [0.25, 0.3) is 0 Å². The van der Waals surface area contributed by atoms with E-state index in [0.717, 1.165) is 24.6 Å². The van der Waals surface area contributed by atoms with Gasteiger partial charge < -0.3 is 4.84 Å². The molecule has 1 rings (SSSR count). The Hall–Kier alpha value is -1.09. The van der Waals surface area contributed by atoms with Crippen molar-refractivity contribution in [3.8, 4) is 0 Å². The molecular formula is C16H22BrNO. The van der Waals surface area contributed by atoms with Crippen LogP contribution in [0.5, 0.6) is 0 Å².